The molecule has 0 spiro atoms. The lowest BCUT2D eigenvalue weighted by atomic mass is 9.91. The highest BCUT2D eigenvalue weighted by atomic mass is 32.1. The van der Waals surface area contributed by atoms with E-state index in [4.69, 9.17) is 4.52 Å². The quantitative estimate of drug-likeness (QED) is 0.912. The minimum absolute atomic E-state index is 0.452. The highest BCUT2D eigenvalue weighted by Crippen LogP contribution is 2.35. The average Bonchev–Trinajstić information content (AvgIpc) is 3.04. The minimum atomic E-state index is 0.452. The van der Waals surface area contributed by atoms with Crippen LogP contribution in [0, 0.1) is 6.92 Å². The summed E-state index contributed by atoms with van der Waals surface area (Å²) in [5.41, 5.74) is 1.89. The molecule has 0 saturated heterocycles. The lowest BCUT2D eigenvalue weighted by Gasteiger charge is -2.15. The maximum absolute atomic E-state index is 5.52. The lowest BCUT2D eigenvalue weighted by Crippen LogP contribution is -2.04. The Morgan fingerprint density at radius 3 is 2.57 bits per heavy atom. The molecule has 114 valence electrons. The van der Waals surface area contributed by atoms with Gasteiger partial charge >= 0.3 is 0 Å². The van der Waals surface area contributed by atoms with Crippen molar-refractivity contribution in [1.29, 1.82) is 0 Å². The Morgan fingerprint density at radius 1 is 1.14 bits per heavy atom. The summed E-state index contributed by atoms with van der Waals surface area (Å²) in [6.07, 6.45) is 8.94. The van der Waals surface area contributed by atoms with Crippen molar-refractivity contribution in [3.8, 4) is 11.5 Å². The van der Waals surface area contributed by atoms with Crippen LogP contribution in [0.25, 0.3) is 11.5 Å². The van der Waals surface area contributed by atoms with Crippen molar-refractivity contribution in [1.82, 2.24) is 14.5 Å². The number of aryl methyl sites for hydroxylation is 1. The molecule has 0 aliphatic heterocycles. The van der Waals surface area contributed by atoms with Crippen molar-refractivity contribution < 1.29 is 4.52 Å². The smallest absolute Gasteiger partial charge is 0.262 e. The van der Waals surface area contributed by atoms with Gasteiger partial charge in [-0.2, -0.15) is 9.36 Å². The molecule has 1 fully saturated rings. The highest BCUT2D eigenvalue weighted by molar-refractivity contribution is 7.10. The normalized spacial score (nSPS) is 17.4. The van der Waals surface area contributed by atoms with Crippen LogP contribution in [0.2, 0.25) is 0 Å². The van der Waals surface area contributed by atoms with Crippen LogP contribution in [0.3, 0.4) is 0 Å². The molecule has 0 radical (unpaired) electrons. The third kappa shape index (κ3) is 3.10. The van der Waals surface area contributed by atoms with Gasteiger partial charge in [-0.3, -0.25) is 0 Å². The number of hydrogen-bond donors (Lipinski definition) is 1. The second kappa shape index (κ2) is 6.56. The van der Waals surface area contributed by atoms with Gasteiger partial charge in [-0.25, -0.2) is 0 Å². The fourth-order valence-corrected chi connectivity index (χ4v) is 3.75. The highest BCUT2D eigenvalue weighted by Gasteiger charge is 2.23. The lowest BCUT2D eigenvalue weighted by molar-refractivity contribution is 0.393. The minimum Gasteiger partial charge on any atom is -0.378 e. The Kier molecular flexibility index (Phi) is 4.53. The van der Waals surface area contributed by atoms with Crippen molar-refractivity contribution in [2.24, 2.45) is 0 Å². The van der Waals surface area contributed by atoms with Gasteiger partial charge < -0.3 is 9.84 Å². The summed E-state index contributed by atoms with van der Waals surface area (Å²) in [7, 11) is 1.89. The van der Waals surface area contributed by atoms with E-state index in [-0.39, 0.29) is 0 Å². The summed E-state index contributed by atoms with van der Waals surface area (Å²) >= 11 is 1.43. The van der Waals surface area contributed by atoms with Gasteiger partial charge in [0.25, 0.3) is 5.89 Å². The summed E-state index contributed by atoms with van der Waals surface area (Å²) in [6, 6.07) is 0. The molecule has 1 saturated carbocycles. The molecule has 2 aromatic rings. The molecule has 1 aliphatic rings. The predicted molar refractivity (Wildman–Crippen MR) is 84.7 cm³/mol. The fraction of sp³-hybridized carbons (Fsp3) is 0.667. The Hall–Kier alpha value is -1.43. The molecule has 0 amide bonds. The summed E-state index contributed by atoms with van der Waals surface area (Å²) in [6.45, 7) is 1.98. The van der Waals surface area contributed by atoms with Gasteiger partial charge in [0.1, 0.15) is 5.00 Å². The average molecular weight is 306 g/mol. The second-order valence-electron chi connectivity index (χ2n) is 5.72. The van der Waals surface area contributed by atoms with Crippen molar-refractivity contribution >= 4 is 16.5 Å². The van der Waals surface area contributed by atoms with Gasteiger partial charge in [-0.05, 0) is 31.3 Å². The van der Waals surface area contributed by atoms with E-state index in [2.05, 4.69) is 19.8 Å². The Balaban J connectivity index is 1.83. The van der Waals surface area contributed by atoms with Gasteiger partial charge in [0.2, 0.25) is 0 Å². The van der Waals surface area contributed by atoms with Gasteiger partial charge in [0, 0.05) is 13.0 Å². The van der Waals surface area contributed by atoms with E-state index in [9.17, 15) is 0 Å². The zero-order chi connectivity index (χ0) is 14.7. The number of aromatic nitrogens is 3. The number of nitrogens with zero attached hydrogens (tertiary/aromatic N) is 3. The standard InChI is InChI=1S/C15H22N4OS/c1-10-12(15(16-2)21-19-10)14-17-13(18-20-14)11-8-6-4-3-5-7-9-11/h11,16H,3-9H2,1-2H3. The van der Waals surface area contributed by atoms with Crippen LogP contribution in [0.5, 0.6) is 0 Å². The summed E-state index contributed by atoms with van der Waals surface area (Å²) in [5.74, 6) is 1.93. The number of rotatable bonds is 3. The van der Waals surface area contributed by atoms with Gasteiger partial charge in [0.15, 0.2) is 5.82 Å². The van der Waals surface area contributed by atoms with Gasteiger partial charge in [-0.1, -0.05) is 37.3 Å². The van der Waals surface area contributed by atoms with E-state index in [1.807, 2.05) is 14.0 Å². The molecule has 0 unspecified atom stereocenters. The Labute approximate surface area is 129 Å². The molecule has 21 heavy (non-hydrogen) atoms. The number of hydrogen-bond acceptors (Lipinski definition) is 6. The van der Waals surface area contributed by atoms with Gasteiger partial charge in [0.05, 0.1) is 11.3 Å². The summed E-state index contributed by atoms with van der Waals surface area (Å²) in [5, 5.41) is 8.38. The van der Waals surface area contributed by atoms with Crippen molar-refractivity contribution in [3.05, 3.63) is 11.5 Å². The Morgan fingerprint density at radius 2 is 1.86 bits per heavy atom. The van der Waals surface area contributed by atoms with Crippen LogP contribution in [-0.4, -0.2) is 21.6 Å². The molecule has 1 aliphatic carbocycles. The monoisotopic (exact) mass is 306 g/mol. The van der Waals surface area contributed by atoms with E-state index >= 15 is 0 Å². The third-order valence-corrected chi connectivity index (χ3v) is 5.17. The zero-order valence-electron chi connectivity index (χ0n) is 12.7. The molecular weight excluding hydrogens is 284 g/mol. The maximum atomic E-state index is 5.52. The van der Waals surface area contributed by atoms with Crippen molar-refractivity contribution in [2.45, 2.75) is 57.8 Å². The topological polar surface area (TPSA) is 63.8 Å². The third-order valence-electron chi connectivity index (χ3n) is 4.22. The Bertz CT molecular complexity index is 584. The van der Waals surface area contributed by atoms with Crippen LogP contribution in [-0.2, 0) is 0 Å². The molecule has 0 atom stereocenters. The first-order valence-corrected chi connectivity index (χ1v) is 8.55. The maximum Gasteiger partial charge on any atom is 0.262 e. The molecule has 2 heterocycles. The predicted octanol–water partition coefficient (Wildman–Crippen LogP) is 4.37. The first kappa shape index (κ1) is 14.5. The molecule has 0 bridgehead atoms. The zero-order valence-corrected chi connectivity index (χ0v) is 13.5. The summed E-state index contributed by atoms with van der Waals surface area (Å²) in [4.78, 5) is 4.67. The SMILES string of the molecule is CNc1snc(C)c1-c1nc(C2CCCCCCC2)no1. The molecule has 0 aromatic carbocycles. The van der Waals surface area contributed by atoms with Crippen LogP contribution in [0.15, 0.2) is 4.52 Å². The van der Waals surface area contributed by atoms with Crippen LogP contribution in [0.1, 0.15) is 62.4 Å². The van der Waals surface area contributed by atoms with Crippen molar-refractivity contribution in [2.75, 3.05) is 12.4 Å². The molecule has 5 nitrogen and oxygen atoms in total. The number of anilines is 1. The van der Waals surface area contributed by atoms with E-state index in [1.54, 1.807) is 0 Å². The first-order valence-electron chi connectivity index (χ1n) is 7.77. The van der Waals surface area contributed by atoms with E-state index in [0.29, 0.717) is 11.8 Å². The molecule has 6 heteroatoms. The molecule has 3 rings (SSSR count). The van der Waals surface area contributed by atoms with E-state index < -0.39 is 0 Å². The molecule has 1 N–H and O–H groups in total. The van der Waals surface area contributed by atoms with Crippen LogP contribution < -0.4 is 5.32 Å². The van der Waals surface area contributed by atoms with Crippen LogP contribution in [0.4, 0.5) is 5.00 Å². The second-order valence-corrected chi connectivity index (χ2v) is 6.50. The molecular formula is C15H22N4OS. The summed E-state index contributed by atoms with van der Waals surface area (Å²) < 4.78 is 9.89. The van der Waals surface area contributed by atoms with Gasteiger partial charge in [-0.15, -0.1) is 0 Å². The van der Waals surface area contributed by atoms with Crippen molar-refractivity contribution in [3.63, 3.8) is 0 Å². The largest absolute Gasteiger partial charge is 0.378 e. The fourth-order valence-electron chi connectivity index (χ4n) is 3.01. The van der Waals surface area contributed by atoms with E-state index in [1.165, 1.54) is 56.5 Å². The number of nitrogens with one attached hydrogen (secondary N) is 1. The van der Waals surface area contributed by atoms with Crippen LogP contribution >= 0.6 is 11.5 Å². The molecule has 2 aromatic heterocycles. The first-order chi connectivity index (χ1) is 10.3. The van der Waals surface area contributed by atoms with E-state index in [0.717, 1.165) is 22.1 Å².